The van der Waals surface area contributed by atoms with Crippen LogP contribution in [0, 0.1) is 17.5 Å². The molecule has 4 rings (SSSR count). The molecular formula is C23H19ClF3N3O4. The van der Waals surface area contributed by atoms with Gasteiger partial charge >= 0.3 is 6.16 Å². The number of rotatable bonds is 4. The lowest BCUT2D eigenvalue weighted by atomic mass is 10.0. The molecule has 0 saturated carbocycles. The number of hydrogen-bond acceptors (Lipinski definition) is 5. The Hall–Kier alpha value is -3.50. The molecule has 2 aromatic carbocycles. The van der Waals surface area contributed by atoms with Crippen LogP contribution in [0.5, 0.6) is 5.75 Å². The van der Waals surface area contributed by atoms with E-state index in [-0.39, 0.29) is 32.9 Å². The molecule has 1 saturated heterocycles. The van der Waals surface area contributed by atoms with Gasteiger partial charge in [0, 0.05) is 42.8 Å². The zero-order valence-electron chi connectivity index (χ0n) is 17.9. The van der Waals surface area contributed by atoms with Crippen LogP contribution < -0.4 is 15.1 Å². The highest BCUT2D eigenvalue weighted by Gasteiger charge is 2.28. The molecule has 34 heavy (non-hydrogen) atoms. The topological polar surface area (TPSA) is 75.0 Å². The maximum Gasteiger partial charge on any atom is 0.511 e. The van der Waals surface area contributed by atoms with Gasteiger partial charge in [-0.15, -0.1) is 0 Å². The molecule has 2 heterocycles. The third-order valence-corrected chi connectivity index (χ3v) is 5.83. The number of halogens is 4. The number of hydrogen-bond donors (Lipinski definition) is 1. The molecule has 7 nitrogen and oxygen atoms in total. The molecule has 0 spiro atoms. The molecule has 0 bridgehead atoms. The maximum absolute atomic E-state index is 15.5. The molecule has 1 fully saturated rings. The average molecular weight is 494 g/mol. The SMILES string of the molecule is C=C(Cl)c1c(N2CCN(C)CC2)c(F)cc2c(=O)c(OC(=O)O)cn(-c3ccc(F)cc3F)c12. The Bertz CT molecular complexity index is 1380. The third kappa shape index (κ3) is 4.22. The lowest BCUT2D eigenvalue weighted by molar-refractivity contribution is 0.144. The Morgan fingerprint density at radius 2 is 1.79 bits per heavy atom. The predicted molar refractivity (Wildman–Crippen MR) is 123 cm³/mol. The molecule has 11 heteroatoms. The summed E-state index contributed by atoms with van der Waals surface area (Å²) in [5.74, 6) is -3.34. The van der Waals surface area contributed by atoms with E-state index >= 15 is 4.39 Å². The first-order chi connectivity index (χ1) is 16.1. The van der Waals surface area contributed by atoms with Gasteiger partial charge in [0.2, 0.25) is 5.43 Å². The molecule has 0 radical (unpaired) electrons. The van der Waals surface area contributed by atoms with E-state index in [0.717, 1.165) is 29.0 Å². The Labute approximate surface area is 196 Å². The lowest BCUT2D eigenvalue weighted by Gasteiger charge is -2.35. The summed E-state index contributed by atoms with van der Waals surface area (Å²) in [4.78, 5) is 28.0. The Morgan fingerprint density at radius 1 is 1.12 bits per heavy atom. The molecule has 0 aliphatic carbocycles. The number of aromatic nitrogens is 1. The van der Waals surface area contributed by atoms with E-state index in [1.54, 1.807) is 4.90 Å². The molecular weight excluding hydrogens is 475 g/mol. The largest absolute Gasteiger partial charge is 0.511 e. The van der Waals surface area contributed by atoms with Crippen LogP contribution in [0.15, 0.2) is 41.8 Å². The van der Waals surface area contributed by atoms with Crippen LogP contribution in [0.1, 0.15) is 5.56 Å². The Balaban J connectivity index is 2.14. The minimum absolute atomic E-state index is 0.0245. The Kier molecular flexibility index (Phi) is 6.28. The summed E-state index contributed by atoms with van der Waals surface area (Å²) in [5, 5.41) is 8.60. The first-order valence-electron chi connectivity index (χ1n) is 10.1. The van der Waals surface area contributed by atoms with Crippen molar-refractivity contribution in [1.82, 2.24) is 9.47 Å². The number of anilines is 1. The fourth-order valence-electron chi connectivity index (χ4n) is 4.06. The van der Waals surface area contributed by atoms with Crippen LogP contribution >= 0.6 is 11.6 Å². The standard InChI is InChI=1S/C23H19ClF3N3O4/c1-12(24)19-20-14(10-16(27)21(19)29-7-5-28(2)6-8-29)22(31)18(34-23(32)33)11-30(20)17-4-3-13(25)9-15(17)26/h3-4,9-11H,1,5-8H2,2H3,(H,32,33). The maximum atomic E-state index is 15.5. The van der Waals surface area contributed by atoms with E-state index in [9.17, 15) is 18.4 Å². The van der Waals surface area contributed by atoms with E-state index in [1.807, 2.05) is 7.05 Å². The van der Waals surface area contributed by atoms with E-state index in [1.165, 1.54) is 0 Å². The van der Waals surface area contributed by atoms with E-state index in [0.29, 0.717) is 32.2 Å². The van der Waals surface area contributed by atoms with Crippen molar-refractivity contribution in [1.29, 1.82) is 0 Å². The monoisotopic (exact) mass is 493 g/mol. The number of nitrogens with zero attached hydrogens (tertiary/aromatic N) is 3. The number of pyridine rings is 1. The smallest absolute Gasteiger partial charge is 0.449 e. The first-order valence-corrected chi connectivity index (χ1v) is 10.5. The van der Waals surface area contributed by atoms with Gasteiger partial charge in [0.05, 0.1) is 28.5 Å². The van der Waals surface area contributed by atoms with Crippen LogP contribution in [0.25, 0.3) is 21.6 Å². The predicted octanol–water partition coefficient (Wildman–Crippen LogP) is 4.43. The zero-order valence-corrected chi connectivity index (χ0v) is 18.7. The van der Waals surface area contributed by atoms with Gasteiger partial charge in [-0.1, -0.05) is 18.2 Å². The lowest BCUT2D eigenvalue weighted by Crippen LogP contribution is -2.45. The number of likely N-dealkylation sites (N-methyl/N-ethyl adjacent to an activating group) is 1. The van der Waals surface area contributed by atoms with E-state index in [2.05, 4.69) is 16.2 Å². The molecule has 1 aliphatic heterocycles. The quantitative estimate of drug-likeness (QED) is 0.542. The summed E-state index contributed by atoms with van der Waals surface area (Å²) in [5.41, 5.74) is -1.11. The van der Waals surface area contributed by atoms with Crippen molar-refractivity contribution in [2.24, 2.45) is 0 Å². The third-order valence-electron chi connectivity index (χ3n) is 5.64. The molecule has 1 N–H and O–H groups in total. The van der Waals surface area contributed by atoms with Gasteiger partial charge in [-0.3, -0.25) is 4.79 Å². The van der Waals surface area contributed by atoms with Gasteiger partial charge in [0.15, 0.2) is 5.75 Å². The number of benzene rings is 2. The van der Waals surface area contributed by atoms with E-state index in [4.69, 9.17) is 16.7 Å². The van der Waals surface area contributed by atoms with Gasteiger partial charge in [0.1, 0.15) is 17.5 Å². The highest BCUT2D eigenvalue weighted by molar-refractivity contribution is 6.50. The summed E-state index contributed by atoms with van der Waals surface area (Å²) < 4.78 is 49.6. The van der Waals surface area contributed by atoms with Gasteiger partial charge < -0.3 is 24.2 Å². The number of ether oxygens (including phenoxy) is 1. The zero-order chi connectivity index (χ0) is 24.7. The van der Waals surface area contributed by atoms with Crippen LogP contribution in [0.3, 0.4) is 0 Å². The molecule has 0 atom stereocenters. The van der Waals surface area contributed by atoms with Crippen LogP contribution in [0.4, 0.5) is 23.7 Å². The van der Waals surface area contributed by atoms with Gasteiger partial charge in [-0.05, 0) is 25.2 Å². The van der Waals surface area contributed by atoms with Crippen molar-refractivity contribution in [2.75, 3.05) is 38.1 Å². The molecule has 3 aromatic rings. The molecule has 0 unspecified atom stereocenters. The van der Waals surface area contributed by atoms with Crippen molar-refractivity contribution in [2.45, 2.75) is 0 Å². The number of carbonyl (C=O) groups is 1. The second-order valence-corrected chi connectivity index (χ2v) is 8.29. The van der Waals surface area contributed by atoms with Crippen molar-refractivity contribution in [3.8, 4) is 11.4 Å². The van der Waals surface area contributed by atoms with Gasteiger partial charge in [0.25, 0.3) is 0 Å². The second-order valence-electron chi connectivity index (χ2n) is 7.83. The minimum Gasteiger partial charge on any atom is -0.449 e. The summed E-state index contributed by atoms with van der Waals surface area (Å²) in [6.07, 6.45) is -0.844. The normalized spacial score (nSPS) is 14.4. The van der Waals surface area contributed by atoms with Crippen LogP contribution in [-0.2, 0) is 0 Å². The summed E-state index contributed by atoms with van der Waals surface area (Å²) >= 11 is 6.32. The number of piperazine rings is 1. The molecule has 1 aliphatic rings. The summed E-state index contributed by atoms with van der Waals surface area (Å²) in [6, 6.07) is 3.64. The van der Waals surface area contributed by atoms with Crippen LogP contribution in [-0.4, -0.2) is 54.0 Å². The number of carboxylic acid groups (broad SMARTS) is 1. The minimum atomic E-state index is -1.79. The fourth-order valence-corrected chi connectivity index (χ4v) is 4.23. The Morgan fingerprint density at radius 3 is 2.38 bits per heavy atom. The van der Waals surface area contributed by atoms with Crippen molar-refractivity contribution >= 4 is 39.4 Å². The first kappa shape index (κ1) is 23.7. The highest BCUT2D eigenvalue weighted by Crippen LogP contribution is 2.39. The molecule has 0 amide bonds. The van der Waals surface area contributed by atoms with Crippen molar-refractivity contribution < 1.29 is 27.8 Å². The summed E-state index contributed by atoms with van der Waals surface area (Å²) in [7, 11) is 1.93. The summed E-state index contributed by atoms with van der Waals surface area (Å²) in [6.45, 7) is 5.90. The second kappa shape index (κ2) is 9.03. The van der Waals surface area contributed by atoms with Crippen LogP contribution in [0.2, 0.25) is 0 Å². The average Bonchev–Trinajstić information content (AvgIpc) is 2.76. The molecule has 178 valence electrons. The van der Waals surface area contributed by atoms with Crippen molar-refractivity contribution in [3.05, 3.63) is 70.3 Å². The van der Waals surface area contributed by atoms with E-state index < -0.39 is 34.8 Å². The fraction of sp³-hybridized carbons (Fsp3) is 0.217. The van der Waals surface area contributed by atoms with Gasteiger partial charge in [-0.2, -0.15) is 0 Å². The highest BCUT2D eigenvalue weighted by atomic mass is 35.5. The number of fused-ring (bicyclic) bond motifs is 1. The molecule has 1 aromatic heterocycles. The van der Waals surface area contributed by atoms with Gasteiger partial charge in [-0.25, -0.2) is 18.0 Å². The van der Waals surface area contributed by atoms with Crippen molar-refractivity contribution in [3.63, 3.8) is 0 Å².